The van der Waals surface area contributed by atoms with E-state index in [1.54, 1.807) is 19.2 Å². The molecule has 0 bridgehead atoms. The van der Waals surface area contributed by atoms with Crippen molar-refractivity contribution in [1.82, 2.24) is 14.5 Å². The molecule has 1 saturated heterocycles. The Bertz CT molecular complexity index is 727. The van der Waals surface area contributed by atoms with Crippen LogP contribution < -0.4 is 5.32 Å². The molecular formula is C20H35IN4O2S. The first-order chi connectivity index (χ1) is 12.8. The van der Waals surface area contributed by atoms with Crippen LogP contribution >= 0.6 is 24.0 Å². The lowest BCUT2D eigenvalue weighted by Crippen LogP contribution is -2.45. The van der Waals surface area contributed by atoms with Crippen molar-refractivity contribution in [3.8, 4) is 0 Å². The van der Waals surface area contributed by atoms with Crippen LogP contribution in [0.1, 0.15) is 46.1 Å². The van der Waals surface area contributed by atoms with Crippen molar-refractivity contribution >= 4 is 40.0 Å². The first-order valence-electron chi connectivity index (χ1n) is 9.86. The van der Waals surface area contributed by atoms with Gasteiger partial charge in [0.25, 0.3) is 0 Å². The highest BCUT2D eigenvalue weighted by Crippen LogP contribution is 2.18. The lowest BCUT2D eigenvalue weighted by molar-refractivity contribution is 0.273. The predicted octanol–water partition coefficient (Wildman–Crippen LogP) is 3.53. The van der Waals surface area contributed by atoms with Crippen LogP contribution in [0.15, 0.2) is 34.2 Å². The molecule has 0 radical (unpaired) electrons. The summed E-state index contributed by atoms with van der Waals surface area (Å²) in [7, 11) is -1.83. The van der Waals surface area contributed by atoms with E-state index >= 15 is 0 Å². The molecule has 6 nitrogen and oxygen atoms in total. The highest BCUT2D eigenvalue weighted by molar-refractivity contribution is 14.0. The van der Waals surface area contributed by atoms with Crippen molar-refractivity contribution in [2.45, 2.75) is 58.0 Å². The third-order valence-electron chi connectivity index (χ3n) is 5.16. The van der Waals surface area contributed by atoms with Gasteiger partial charge in [0.05, 0.1) is 11.4 Å². The molecule has 1 aliphatic rings. The summed E-state index contributed by atoms with van der Waals surface area (Å²) in [4.78, 5) is 7.40. The van der Waals surface area contributed by atoms with Crippen LogP contribution in [0.3, 0.4) is 0 Å². The van der Waals surface area contributed by atoms with Gasteiger partial charge in [-0.25, -0.2) is 13.4 Å². The summed E-state index contributed by atoms with van der Waals surface area (Å²) in [5.41, 5.74) is 1.00. The Kier molecular flexibility index (Phi) is 10.2. The van der Waals surface area contributed by atoms with E-state index in [0.717, 1.165) is 37.1 Å². The molecule has 0 unspecified atom stereocenters. The maximum absolute atomic E-state index is 12.6. The fourth-order valence-corrected chi connectivity index (χ4v) is 4.39. The summed E-state index contributed by atoms with van der Waals surface area (Å²) in [5.74, 6) is 1.73. The second kappa shape index (κ2) is 11.3. The molecule has 0 aliphatic carbocycles. The van der Waals surface area contributed by atoms with Crippen molar-refractivity contribution in [3.05, 3.63) is 29.8 Å². The minimum atomic E-state index is -3.44. The highest BCUT2D eigenvalue weighted by Gasteiger charge is 2.23. The lowest BCUT2D eigenvalue weighted by atomic mass is 10.00. The summed E-state index contributed by atoms with van der Waals surface area (Å²) in [6.07, 6.45) is 2.39. The van der Waals surface area contributed by atoms with Gasteiger partial charge < -0.3 is 10.2 Å². The first-order valence-corrected chi connectivity index (χ1v) is 11.3. The number of likely N-dealkylation sites (tertiary alicyclic amines) is 1. The number of sulfonamides is 1. The van der Waals surface area contributed by atoms with E-state index in [0.29, 0.717) is 11.4 Å². The van der Waals surface area contributed by atoms with E-state index in [2.05, 4.69) is 24.1 Å². The van der Waals surface area contributed by atoms with Gasteiger partial charge in [0.15, 0.2) is 5.96 Å². The average molecular weight is 522 g/mol. The van der Waals surface area contributed by atoms with Gasteiger partial charge in [-0.15, -0.1) is 24.0 Å². The Morgan fingerprint density at radius 2 is 1.82 bits per heavy atom. The maximum Gasteiger partial charge on any atom is 0.243 e. The van der Waals surface area contributed by atoms with Gasteiger partial charge in [-0.05, 0) is 57.2 Å². The SMILES string of the molecule is CCNC(=NCc1ccc(S(=O)(=O)N(C)C(C)C)cc1)N1CCC(C)CC1.I. The maximum atomic E-state index is 12.6. The van der Waals surface area contributed by atoms with E-state index in [9.17, 15) is 8.42 Å². The zero-order valence-electron chi connectivity index (χ0n) is 17.7. The number of aliphatic imine (C=N–C) groups is 1. The number of rotatable bonds is 6. The fourth-order valence-electron chi connectivity index (χ4n) is 3.02. The molecule has 28 heavy (non-hydrogen) atoms. The molecule has 0 amide bonds. The van der Waals surface area contributed by atoms with E-state index in [1.165, 1.54) is 17.1 Å². The van der Waals surface area contributed by atoms with Crippen LogP contribution in [0.2, 0.25) is 0 Å². The van der Waals surface area contributed by atoms with E-state index in [1.807, 2.05) is 26.0 Å². The van der Waals surface area contributed by atoms with Crippen molar-refractivity contribution in [2.24, 2.45) is 10.9 Å². The van der Waals surface area contributed by atoms with Crippen molar-refractivity contribution in [2.75, 3.05) is 26.7 Å². The van der Waals surface area contributed by atoms with E-state index < -0.39 is 10.0 Å². The molecular weight excluding hydrogens is 487 g/mol. The van der Waals surface area contributed by atoms with Gasteiger partial charge in [0, 0.05) is 32.7 Å². The summed E-state index contributed by atoms with van der Waals surface area (Å²) >= 11 is 0. The predicted molar refractivity (Wildman–Crippen MR) is 127 cm³/mol. The normalized spacial score (nSPS) is 16.4. The van der Waals surface area contributed by atoms with E-state index in [4.69, 9.17) is 4.99 Å². The number of nitrogens with one attached hydrogen (secondary N) is 1. The molecule has 0 saturated carbocycles. The van der Waals surface area contributed by atoms with Crippen LogP contribution in [-0.2, 0) is 16.6 Å². The van der Waals surface area contributed by atoms with Gasteiger partial charge in [-0.2, -0.15) is 4.31 Å². The molecule has 0 spiro atoms. The molecule has 1 aromatic rings. The number of halogens is 1. The van der Waals surface area contributed by atoms with Gasteiger partial charge in [0.2, 0.25) is 10.0 Å². The number of piperidine rings is 1. The van der Waals surface area contributed by atoms with Crippen molar-refractivity contribution < 1.29 is 8.42 Å². The number of hydrogen-bond donors (Lipinski definition) is 1. The molecule has 2 rings (SSSR count). The Balaban J connectivity index is 0.00000392. The number of guanidine groups is 1. The quantitative estimate of drug-likeness (QED) is 0.353. The molecule has 1 aliphatic heterocycles. The minimum Gasteiger partial charge on any atom is -0.357 e. The third-order valence-corrected chi connectivity index (χ3v) is 7.20. The van der Waals surface area contributed by atoms with Crippen LogP contribution in [0.4, 0.5) is 0 Å². The molecule has 8 heteroatoms. The average Bonchev–Trinajstić information content (AvgIpc) is 2.65. The van der Waals surface area contributed by atoms with Gasteiger partial charge in [0.1, 0.15) is 0 Å². The van der Waals surface area contributed by atoms with Gasteiger partial charge in [-0.3, -0.25) is 0 Å². The van der Waals surface area contributed by atoms with Crippen LogP contribution in [0, 0.1) is 5.92 Å². The molecule has 160 valence electrons. The second-order valence-electron chi connectivity index (χ2n) is 7.60. The summed E-state index contributed by atoms with van der Waals surface area (Å²) in [6, 6.07) is 6.98. The lowest BCUT2D eigenvalue weighted by Gasteiger charge is -2.33. The zero-order chi connectivity index (χ0) is 20.0. The monoisotopic (exact) mass is 522 g/mol. The Labute approximate surface area is 187 Å². The third kappa shape index (κ3) is 6.59. The standard InChI is InChI=1S/C20H34N4O2S.HI/c1-6-21-20(24-13-11-17(4)12-14-24)22-15-18-7-9-19(10-8-18)27(25,26)23(5)16(2)3;/h7-10,16-17H,6,11-15H2,1-5H3,(H,21,22);1H. The number of benzene rings is 1. The first kappa shape index (κ1) is 25.2. The smallest absolute Gasteiger partial charge is 0.243 e. The second-order valence-corrected chi connectivity index (χ2v) is 9.60. The Morgan fingerprint density at radius 1 is 1.25 bits per heavy atom. The minimum absolute atomic E-state index is 0. The van der Waals surface area contributed by atoms with Crippen LogP contribution in [-0.4, -0.2) is 56.3 Å². The number of hydrogen-bond acceptors (Lipinski definition) is 3. The molecule has 1 fully saturated rings. The van der Waals surface area contributed by atoms with Crippen LogP contribution in [0.5, 0.6) is 0 Å². The van der Waals surface area contributed by atoms with Crippen molar-refractivity contribution in [1.29, 1.82) is 0 Å². The summed E-state index contributed by atoms with van der Waals surface area (Å²) in [6.45, 7) is 11.5. The molecule has 1 N–H and O–H groups in total. The van der Waals surface area contributed by atoms with Gasteiger partial charge >= 0.3 is 0 Å². The summed E-state index contributed by atoms with van der Waals surface area (Å²) < 4.78 is 26.5. The Morgan fingerprint density at radius 3 is 2.32 bits per heavy atom. The molecule has 1 aromatic carbocycles. The zero-order valence-corrected chi connectivity index (χ0v) is 20.8. The topological polar surface area (TPSA) is 65.0 Å². The fraction of sp³-hybridized carbons (Fsp3) is 0.650. The van der Waals surface area contributed by atoms with Crippen molar-refractivity contribution in [3.63, 3.8) is 0 Å². The van der Waals surface area contributed by atoms with Gasteiger partial charge in [-0.1, -0.05) is 19.1 Å². The Hall–Kier alpha value is -0.870. The molecule has 0 aromatic heterocycles. The van der Waals surface area contributed by atoms with Crippen LogP contribution in [0.25, 0.3) is 0 Å². The summed E-state index contributed by atoms with van der Waals surface area (Å²) in [5, 5.41) is 3.37. The molecule has 0 atom stereocenters. The highest BCUT2D eigenvalue weighted by atomic mass is 127. The largest absolute Gasteiger partial charge is 0.357 e. The molecule has 1 heterocycles. The number of nitrogens with zero attached hydrogens (tertiary/aromatic N) is 3. The van der Waals surface area contributed by atoms with E-state index in [-0.39, 0.29) is 30.0 Å².